The van der Waals surface area contributed by atoms with Crippen LogP contribution < -0.4 is 0 Å². The lowest BCUT2D eigenvalue weighted by molar-refractivity contribution is -0.00123. The van der Waals surface area contributed by atoms with Crippen molar-refractivity contribution in [2.24, 2.45) is 0 Å². The van der Waals surface area contributed by atoms with E-state index in [2.05, 4.69) is 4.79 Å². The highest BCUT2D eigenvalue weighted by Crippen LogP contribution is 2.50. The molecule has 0 bridgehead atoms. The van der Waals surface area contributed by atoms with Gasteiger partial charge in [-0.3, -0.25) is 4.57 Å². The Balaban J connectivity index is 3.30. The second-order valence-corrected chi connectivity index (χ2v) is 5.97. The van der Waals surface area contributed by atoms with Crippen LogP contribution in [0.25, 0.3) is 5.53 Å². The van der Waals surface area contributed by atoms with E-state index in [0.29, 0.717) is 5.56 Å². The van der Waals surface area contributed by atoms with Crippen molar-refractivity contribution in [2.45, 2.75) is 0 Å². The molecule has 1 unspecified atom stereocenters. The Hall–Kier alpha value is -1.25. The van der Waals surface area contributed by atoms with Crippen molar-refractivity contribution in [1.29, 1.82) is 0 Å². The minimum absolute atomic E-state index is 0.0422. The standard InChI is InChI=1S/C10H14N3O2P/c1-13(2)16(14,15-3)10(12-11)9-7-5-4-6-8-9/h4-8H,1-3H3. The summed E-state index contributed by atoms with van der Waals surface area (Å²) in [7, 11) is 1.28. The van der Waals surface area contributed by atoms with E-state index in [9.17, 15) is 4.57 Å². The highest BCUT2D eigenvalue weighted by atomic mass is 31.2. The van der Waals surface area contributed by atoms with Crippen LogP contribution in [0.5, 0.6) is 0 Å². The molecule has 1 rings (SSSR count). The molecule has 86 valence electrons. The lowest BCUT2D eigenvalue weighted by atomic mass is 10.2. The van der Waals surface area contributed by atoms with Gasteiger partial charge in [0.15, 0.2) is 0 Å². The second-order valence-electron chi connectivity index (χ2n) is 3.34. The Kier molecular flexibility index (Phi) is 4.16. The summed E-state index contributed by atoms with van der Waals surface area (Å²) < 4.78 is 18.8. The first-order chi connectivity index (χ1) is 7.56. The SMILES string of the molecule is COP(=O)(C(=[N+]=[N-])c1ccccc1)N(C)C. The van der Waals surface area contributed by atoms with Gasteiger partial charge in [-0.2, -0.15) is 4.79 Å². The zero-order valence-electron chi connectivity index (χ0n) is 9.49. The van der Waals surface area contributed by atoms with E-state index in [0.717, 1.165) is 0 Å². The summed E-state index contributed by atoms with van der Waals surface area (Å²) >= 11 is 0. The van der Waals surface area contributed by atoms with E-state index in [1.165, 1.54) is 11.8 Å². The molecule has 0 N–H and O–H groups in total. The fourth-order valence-electron chi connectivity index (χ4n) is 1.30. The Labute approximate surface area is 94.8 Å². The third kappa shape index (κ3) is 2.29. The highest BCUT2D eigenvalue weighted by molar-refractivity contribution is 7.74. The third-order valence-electron chi connectivity index (χ3n) is 2.17. The van der Waals surface area contributed by atoms with Gasteiger partial charge >= 0.3 is 13.0 Å². The summed E-state index contributed by atoms with van der Waals surface area (Å²) in [5.74, 6) is 0. The lowest BCUT2D eigenvalue weighted by Crippen LogP contribution is -2.18. The molecule has 0 heterocycles. The first-order valence-corrected chi connectivity index (χ1v) is 6.25. The zero-order chi connectivity index (χ0) is 12.2. The van der Waals surface area contributed by atoms with E-state index >= 15 is 0 Å². The molecule has 0 fully saturated rings. The van der Waals surface area contributed by atoms with Gasteiger partial charge in [-0.25, -0.2) is 4.67 Å². The maximum absolute atomic E-state index is 12.4. The molecule has 0 aromatic heterocycles. The Morgan fingerprint density at radius 2 is 1.94 bits per heavy atom. The zero-order valence-corrected chi connectivity index (χ0v) is 10.4. The maximum atomic E-state index is 12.4. The average Bonchev–Trinajstić information content (AvgIpc) is 2.30. The summed E-state index contributed by atoms with van der Waals surface area (Å²) in [5, 5.41) is 0. The normalized spacial score (nSPS) is 14.2. The second kappa shape index (κ2) is 5.19. The Morgan fingerprint density at radius 3 is 2.31 bits per heavy atom. The Morgan fingerprint density at radius 1 is 1.38 bits per heavy atom. The molecule has 0 aliphatic carbocycles. The number of rotatable bonds is 4. The van der Waals surface area contributed by atoms with Gasteiger partial charge in [0.25, 0.3) is 0 Å². The van der Waals surface area contributed by atoms with Crippen LogP contribution in [0, 0.1) is 0 Å². The van der Waals surface area contributed by atoms with Gasteiger partial charge in [0.05, 0.1) is 5.56 Å². The van der Waals surface area contributed by atoms with Crippen LogP contribution in [0.2, 0.25) is 0 Å². The van der Waals surface area contributed by atoms with Gasteiger partial charge < -0.3 is 10.1 Å². The van der Waals surface area contributed by atoms with Gasteiger partial charge in [0.2, 0.25) is 0 Å². The fraction of sp³-hybridized carbons (Fsp3) is 0.300. The molecule has 1 atom stereocenters. The maximum Gasteiger partial charge on any atom is 0.396 e. The largest absolute Gasteiger partial charge is 0.396 e. The molecule has 16 heavy (non-hydrogen) atoms. The van der Waals surface area contributed by atoms with E-state index in [-0.39, 0.29) is 5.45 Å². The van der Waals surface area contributed by atoms with Crippen LogP contribution in [0.15, 0.2) is 30.3 Å². The molecule has 1 aromatic carbocycles. The molecule has 5 nitrogen and oxygen atoms in total. The van der Waals surface area contributed by atoms with Crippen molar-refractivity contribution in [3.63, 3.8) is 0 Å². The molecule has 0 saturated heterocycles. The smallest absolute Gasteiger partial charge is 0.360 e. The van der Waals surface area contributed by atoms with E-state index in [4.69, 9.17) is 10.1 Å². The number of hydrogen-bond acceptors (Lipinski definition) is 2. The number of nitrogens with zero attached hydrogens (tertiary/aromatic N) is 3. The van der Waals surface area contributed by atoms with Gasteiger partial charge in [0.1, 0.15) is 0 Å². The van der Waals surface area contributed by atoms with E-state index < -0.39 is 7.52 Å². The summed E-state index contributed by atoms with van der Waals surface area (Å²) in [6, 6.07) is 8.80. The minimum Gasteiger partial charge on any atom is -0.360 e. The van der Waals surface area contributed by atoms with Gasteiger partial charge in [0, 0.05) is 7.11 Å². The first kappa shape index (κ1) is 12.8. The molecule has 0 amide bonds. The third-order valence-corrected chi connectivity index (χ3v) is 4.60. The van der Waals surface area contributed by atoms with Crippen molar-refractivity contribution in [3.8, 4) is 0 Å². The number of benzene rings is 1. The predicted molar refractivity (Wildman–Crippen MR) is 62.5 cm³/mol. The van der Waals surface area contributed by atoms with Gasteiger partial charge in [-0.1, -0.05) is 18.2 Å². The molecule has 6 heteroatoms. The van der Waals surface area contributed by atoms with Crippen LogP contribution in [0.3, 0.4) is 0 Å². The highest BCUT2D eigenvalue weighted by Gasteiger charge is 2.40. The van der Waals surface area contributed by atoms with Crippen molar-refractivity contribution in [3.05, 3.63) is 41.4 Å². The van der Waals surface area contributed by atoms with Crippen LogP contribution in [0.1, 0.15) is 5.56 Å². The molecule has 0 spiro atoms. The van der Waals surface area contributed by atoms with E-state index in [1.54, 1.807) is 38.4 Å². The summed E-state index contributed by atoms with van der Waals surface area (Å²) in [5.41, 5.74) is 9.62. The minimum atomic E-state index is -3.27. The fourth-order valence-corrected chi connectivity index (χ4v) is 2.77. The van der Waals surface area contributed by atoms with Crippen molar-refractivity contribution in [1.82, 2.24) is 4.67 Å². The summed E-state index contributed by atoms with van der Waals surface area (Å²) in [4.78, 5) is 3.11. The number of hydrogen-bond donors (Lipinski definition) is 0. The van der Waals surface area contributed by atoms with Crippen LogP contribution in [0.4, 0.5) is 0 Å². The van der Waals surface area contributed by atoms with Crippen molar-refractivity contribution in [2.75, 3.05) is 21.2 Å². The predicted octanol–water partition coefficient (Wildman–Crippen LogP) is 2.06. The molecule has 0 aliphatic heterocycles. The molecular weight excluding hydrogens is 225 g/mol. The van der Waals surface area contributed by atoms with Crippen LogP contribution in [-0.2, 0) is 9.09 Å². The van der Waals surface area contributed by atoms with Crippen molar-refractivity contribution >= 4 is 13.0 Å². The van der Waals surface area contributed by atoms with Crippen molar-refractivity contribution < 1.29 is 13.9 Å². The van der Waals surface area contributed by atoms with Gasteiger partial charge in [-0.15, -0.1) is 0 Å². The van der Waals surface area contributed by atoms with Gasteiger partial charge in [-0.05, 0) is 26.2 Å². The molecule has 0 radical (unpaired) electrons. The molecule has 1 aromatic rings. The summed E-state index contributed by atoms with van der Waals surface area (Å²) in [6.07, 6.45) is 0. The van der Waals surface area contributed by atoms with Crippen LogP contribution >= 0.6 is 7.52 Å². The van der Waals surface area contributed by atoms with E-state index in [1.807, 2.05) is 6.07 Å². The lowest BCUT2D eigenvalue weighted by Gasteiger charge is -2.18. The molecule has 0 aliphatic rings. The molecule has 0 saturated carbocycles. The first-order valence-electron chi connectivity index (χ1n) is 4.68. The topological polar surface area (TPSA) is 65.9 Å². The summed E-state index contributed by atoms with van der Waals surface area (Å²) in [6.45, 7) is 0. The average molecular weight is 239 g/mol. The van der Waals surface area contributed by atoms with Crippen LogP contribution in [-0.4, -0.2) is 36.1 Å². The monoisotopic (exact) mass is 239 g/mol. The quantitative estimate of drug-likeness (QED) is 0.349. The molecular formula is C10H14N3O2P. The Bertz CT molecular complexity index is 452.